The molecule has 7 heteroatoms. The van der Waals surface area contributed by atoms with Gasteiger partial charge in [-0.05, 0) is 35.4 Å². The number of urea groups is 1. The molecule has 35 heavy (non-hydrogen) atoms. The van der Waals surface area contributed by atoms with Crippen LogP contribution in [0, 0.1) is 0 Å². The predicted octanol–water partition coefficient (Wildman–Crippen LogP) is 4.21. The average Bonchev–Trinajstić information content (AvgIpc) is 3.21. The summed E-state index contributed by atoms with van der Waals surface area (Å²) < 4.78 is 5.99. The highest BCUT2D eigenvalue weighted by Gasteiger charge is 2.43. The average molecular weight is 467 g/mol. The number of hydrogen-bond acceptors (Lipinski definition) is 4. The molecule has 3 amide bonds. The molecular weight excluding hydrogens is 440 g/mol. The SMILES string of the molecule is C=CCN1C(=O)NC(c2cccc(OCc3ccccc3)c2)C2=C1CN(Cc1ccccn1)C2=O. The number of hydrogen-bond donors (Lipinski definition) is 1. The van der Waals surface area contributed by atoms with E-state index in [0.29, 0.717) is 43.3 Å². The van der Waals surface area contributed by atoms with Crippen LogP contribution in [0.3, 0.4) is 0 Å². The first-order valence-corrected chi connectivity index (χ1v) is 11.5. The molecule has 0 saturated carbocycles. The Bertz CT molecular complexity index is 1270. The second-order valence-electron chi connectivity index (χ2n) is 8.47. The van der Waals surface area contributed by atoms with Crippen molar-refractivity contribution in [2.75, 3.05) is 13.1 Å². The van der Waals surface area contributed by atoms with Crippen LogP contribution in [0.5, 0.6) is 5.75 Å². The molecule has 1 N–H and O–H groups in total. The summed E-state index contributed by atoms with van der Waals surface area (Å²) in [5.74, 6) is 0.562. The van der Waals surface area contributed by atoms with Crippen molar-refractivity contribution in [2.24, 2.45) is 0 Å². The highest BCUT2D eigenvalue weighted by Crippen LogP contribution is 2.37. The van der Waals surface area contributed by atoms with E-state index in [2.05, 4.69) is 16.9 Å². The van der Waals surface area contributed by atoms with Gasteiger partial charge in [0.2, 0.25) is 0 Å². The second-order valence-corrected chi connectivity index (χ2v) is 8.47. The van der Waals surface area contributed by atoms with E-state index >= 15 is 0 Å². The molecule has 0 aliphatic carbocycles. The van der Waals surface area contributed by atoms with Gasteiger partial charge in [-0.2, -0.15) is 0 Å². The third kappa shape index (κ3) is 4.66. The minimum Gasteiger partial charge on any atom is -0.489 e. The van der Waals surface area contributed by atoms with Crippen molar-refractivity contribution < 1.29 is 14.3 Å². The topological polar surface area (TPSA) is 74.8 Å². The molecule has 2 aliphatic rings. The molecule has 1 atom stereocenters. The lowest BCUT2D eigenvalue weighted by Crippen LogP contribution is -2.47. The maximum absolute atomic E-state index is 13.6. The molecule has 0 radical (unpaired) electrons. The molecule has 7 nitrogen and oxygen atoms in total. The van der Waals surface area contributed by atoms with Gasteiger partial charge in [0.1, 0.15) is 12.4 Å². The zero-order valence-electron chi connectivity index (χ0n) is 19.3. The van der Waals surface area contributed by atoms with E-state index in [0.717, 1.165) is 16.8 Å². The molecule has 2 aliphatic heterocycles. The predicted molar refractivity (Wildman–Crippen MR) is 132 cm³/mol. The van der Waals surface area contributed by atoms with Gasteiger partial charge in [0.25, 0.3) is 5.91 Å². The normalized spacial score (nSPS) is 17.3. The fourth-order valence-corrected chi connectivity index (χ4v) is 4.46. The quantitative estimate of drug-likeness (QED) is 0.505. The molecule has 3 heterocycles. The van der Waals surface area contributed by atoms with Crippen molar-refractivity contribution in [3.05, 3.63) is 120 Å². The first-order chi connectivity index (χ1) is 17.1. The van der Waals surface area contributed by atoms with Gasteiger partial charge in [0.15, 0.2) is 0 Å². The lowest BCUT2D eigenvalue weighted by molar-refractivity contribution is -0.126. The Balaban J connectivity index is 1.43. The Hall–Kier alpha value is -4.39. The molecule has 0 fully saturated rings. The number of rotatable bonds is 8. The Morgan fingerprint density at radius 2 is 1.89 bits per heavy atom. The smallest absolute Gasteiger partial charge is 0.322 e. The van der Waals surface area contributed by atoms with Gasteiger partial charge in [0.05, 0.1) is 36.1 Å². The van der Waals surface area contributed by atoms with E-state index in [4.69, 9.17) is 4.74 Å². The molecule has 2 aromatic carbocycles. The van der Waals surface area contributed by atoms with Crippen molar-refractivity contribution >= 4 is 11.9 Å². The maximum Gasteiger partial charge on any atom is 0.322 e. The number of carbonyl (C=O) groups is 2. The van der Waals surface area contributed by atoms with Crippen LogP contribution < -0.4 is 10.1 Å². The van der Waals surface area contributed by atoms with Gasteiger partial charge >= 0.3 is 6.03 Å². The minimum atomic E-state index is -0.569. The number of amides is 3. The van der Waals surface area contributed by atoms with Gasteiger partial charge in [-0.3, -0.25) is 14.7 Å². The summed E-state index contributed by atoms with van der Waals surface area (Å²) in [5, 5.41) is 3.02. The van der Waals surface area contributed by atoms with Crippen LogP contribution in [-0.2, 0) is 17.9 Å². The van der Waals surface area contributed by atoms with Crippen LogP contribution in [0.1, 0.15) is 22.9 Å². The number of aromatic nitrogens is 1. The molecule has 1 aromatic heterocycles. The molecule has 1 unspecified atom stereocenters. The lowest BCUT2D eigenvalue weighted by Gasteiger charge is -2.33. The Morgan fingerprint density at radius 1 is 1.06 bits per heavy atom. The fraction of sp³-hybridized carbons (Fsp3) is 0.179. The van der Waals surface area contributed by atoms with Gasteiger partial charge in [-0.25, -0.2) is 4.79 Å². The van der Waals surface area contributed by atoms with E-state index < -0.39 is 6.04 Å². The van der Waals surface area contributed by atoms with Crippen LogP contribution >= 0.6 is 0 Å². The van der Waals surface area contributed by atoms with Crippen molar-refractivity contribution in [2.45, 2.75) is 19.2 Å². The van der Waals surface area contributed by atoms with Crippen molar-refractivity contribution in [3.8, 4) is 5.75 Å². The summed E-state index contributed by atoms with van der Waals surface area (Å²) in [5.41, 5.74) is 3.92. The molecule has 5 rings (SSSR count). The first-order valence-electron chi connectivity index (χ1n) is 11.5. The highest BCUT2D eigenvalue weighted by atomic mass is 16.5. The maximum atomic E-state index is 13.6. The number of nitrogens with one attached hydrogen (secondary N) is 1. The fourth-order valence-electron chi connectivity index (χ4n) is 4.46. The second kappa shape index (κ2) is 9.85. The first kappa shape index (κ1) is 22.4. The van der Waals surface area contributed by atoms with E-state index in [1.165, 1.54) is 0 Å². The van der Waals surface area contributed by atoms with Gasteiger partial charge in [-0.15, -0.1) is 6.58 Å². The van der Waals surface area contributed by atoms with Crippen LogP contribution in [0.4, 0.5) is 4.79 Å². The largest absolute Gasteiger partial charge is 0.489 e. The zero-order valence-corrected chi connectivity index (χ0v) is 19.3. The zero-order chi connectivity index (χ0) is 24.2. The minimum absolute atomic E-state index is 0.111. The van der Waals surface area contributed by atoms with Gasteiger partial charge in [-0.1, -0.05) is 54.6 Å². The lowest BCUT2D eigenvalue weighted by atomic mass is 9.95. The van der Waals surface area contributed by atoms with Crippen LogP contribution in [-0.4, -0.2) is 39.8 Å². The number of nitrogens with zero attached hydrogens (tertiary/aromatic N) is 3. The standard InChI is InChI=1S/C28H26N4O3/c1-2-15-32-24-18-31(17-22-12-6-7-14-29-22)27(33)25(24)26(30-28(32)34)21-11-8-13-23(16-21)35-19-20-9-4-3-5-10-20/h2-14,16,26H,1,15,17-19H2,(H,30,34). The number of carbonyl (C=O) groups excluding carboxylic acids is 2. The van der Waals surface area contributed by atoms with E-state index in [-0.39, 0.29) is 11.9 Å². The molecule has 0 saturated heterocycles. The van der Waals surface area contributed by atoms with E-state index in [1.807, 2.05) is 72.8 Å². The molecule has 3 aromatic rings. The van der Waals surface area contributed by atoms with Crippen LogP contribution in [0.25, 0.3) is 0 Å². The Morgan fingerprint density at radius 3 is 2.66 bits per heavy atom. The number of ether oxygens (including phenoxy) is 1. The van der Waals surface area contributed by atoms with Crippen molar-refractivity contribution in [3.63, 3.8) is 0 Å². The molecule has 0 spiro atoms. The van der Waals surface area contributed by atoms with Crippen LogP contribution in [0.15, 0.2) is 103 Å². The molecule has 176 valence electrons. The number of benzene rings is 2. The third-order valence-electron chi connectivity index (χ3n) is 6.13. The van der Waals surface area contributed by atoms with Crippen molar-refractivity contribution in [1.29, 1.82) is 0 Å². The summed E-state index contributed by atoms with van der Waals surface area (Å²) in [4.78, 5) is 34.3. The van der Waals surface area contributed by atoms with Gasteiger partial charge < -0.3 is 15.0 Å². The molecule has 0 bridgehead atoms. The Kier molecular flexibility index (Phi) is 6.30. The number of pyridine rings is 1. The van der Waals surface area contributed by atoms with Crippen molar-refractivity contribution in [1.82, 2.24) is 20.1 Å². The summed E-state index contributed by atoms with van der Waals surface area (Å²) in [6.07, 6.45) is 3.37. The monoisotopic (exact) mass is 466 g/mol. The third-order valence-corrected chi connectivity index (χ3v) is 6.13. The van der Waals surface area contributed by atoms with E-state index in [1.54, 1.807) is 22.1 Å². The molecular formula is C28H26N4O3. The van der Waals surface area contributed by atoms with Gasteiger partial charge in [0, 0.05) is 12.7 Å². The summed E-state index contributed by atoms with van der Waals surface area (Å²) >= 11 is 0. The Labute approximate surface area is 204 Å². The summed E-state index contributed by atoms with van der Waals surface area (Å²) in [6, 6.07) is 22.3. The summed E-state index contributed by atoms with van der Waals surface area (Å²) in [7, 11) is 0. The van der Waals surface area contributed by atoms with E-state index in [9.17, 15) is 9.59 Å². The summed E-state index contributed by atoms with van der Waals surface area (Å²) in [6.45, 7) is 5.24. The van der Waals surface area contributed by atoms with Crippen LogP contribution in [0.2, 0.25) is 0 Å². The highest BCUT2D eigenvalue weighted by molar-refractivity contribution is 6.01.